The lowest BCUT2D eigenvalue weighted by molar-refractivity contribution is -0.132. The van der Waals surface area contributed by atoms with Crippen LogP contribution in [0.3, 0.4) is 0 Å². The Hall–Kier alpha value is -2.30. The van der Waals surface area contributed by atoms with Crippen LogP contribution < -0.4 is 0 Å². The van der Waals surface area contributed by atoms with Crippen LogP contribution in [0.2, 0.25) is 5.02 Å². The van der Waals surface area contributed by atoms with Crippen LogP contribution >= 0.6 is 11.6 Å². The van der Waals surface area contributed by atoms with Gasteiger partial charge >= 0.3 is 5.97 Å². The van der Waals surface area contributed by atoms with Gasteiger partial charge in [0.15, 0.2) is 0 Å². The number of furan rings is 1. The smallest absolute Gasteiger partial charge is 0.336 e. The third kappa shape index (κ3) is 2.40. The molecule has 0 bridgehead atoms. The number of hydrogen-bond acceptors (Lipinski definition) is 4. The van der Waals surface area contributed by atoms with Gasteiger partial charge in [0.2, 0.25) is 0 Å². The first-order valence-electron chi connectivity index (χ1n) is 7.23. The summed E-state index contributed by atoms with van der Waals surface area (Å²) in [6.07, 6.45) is 3.53. The van der Waals surface area contributed by atoms with E-state index in [0.717, 1.165) is 11.1 Å². The minimum atomic E-state index is -1.21. The van der Waals surface area contributed by atoms with Crippen LogP contribution in [0.5, 0.6) is 0 Å². The van der Waals surface area contributed by atoms with Crippen LogP contribution in [0.25, 0.3) is 5.57 Å². The van der Waals surface area contributed by atoms with Crippen molar-refractivity contribution in [2.75, 3.05) is 0 Å². The van der Waals surface area contributed by atoms with Crippen LogP contribution in [-0.4, -0.2) is 11.1 Å². The summed E-state index contributed by atoms with van der Waals surface area (Å²) >= 11 is 5.95. The molecule has 4 nitrogen and oxygen atoms in total. The SMILES string of the molecule is O=C1C=C2CC(O)(c3ccco3)CC(c3ccc(Cl)cc3)=C2O1. The molecule has 2 aliphatic rings. The number of hydrogen-bond donors (Lipinski definition) is 1. The maximum atomic E-state index is 11.7. The quantitative estimate of drug-likeness (QED) is 0.852. The molecule has 0 spiro atoms. The minimum Gasteiger partial charge on any atom is -0.466 e. The zero-order valence-electron chi connectivity index (χ0n) is 12.1. The lowest BCUT2D eigenvalue weighted by atomic mass is 9.77. The van der Waals surface area contributed by atoms with E-state index in [0.29, 0.717) is 28.5 Å². The molecule has 2 aromatic rings. The standard InChI is InChI=1S/C18H13ClO4/c19-13-5-3-11(4-6-13)14-10-18(21,15-2-1-7-22-15)9-12-8-16(20)23-17(12)14/h1-8,21H,9-10H2. The Morgan fingerprint density at radius 3 is 2.61 bits per heavy atom. The Morgan fingerprint density at radius 2 is 1.91 bits per heavy atom. The third-order valence-corrected chi connectivity index (χ3v) is 4.44. The topological polar surface area (TPSA) is 59.7 Å². The number of esters is 1. The van der Waals surface area contributed by atoms with Crippen LogP contribution in [0.1, 0.15) is 24.2 Å². The highest BCUT2D eigenvalue weighted by Crippen LogP contribution is 2.48. The number of allylic oxidation sites excluding steroid dienone is 1. The molecule has 1 atom stereocenters. The van der Waals surface area contributed by atoms with Gasteiger partial charge in [-0.2, -0.15) is 0 Å². The van der Waals surface area contributed by atoms with Gasteiger partial charge in [-0.3, -0.25) is 0 Å². The number of halogens is 1. The highest BCUT2D eigenvalue weighted by atomic mass is 35.5. The van der Waals surface area contributed by atoms with E-state index in [2.05, 4.69) is 0 Å². The van der Waals surface area contributed by atoms with Crippen LogP contribution in [0.4, 0.5) is 0 Å². The Kier molecular flexibility index (Phi) is 3.18. The van der Waals surface area contributed by atoms with Crippen molar-refractivity contribution in [3.8, 4) is 0 Å². The molecule has 0 radical (unpaired) electrons. The molecule has 4 rings (SSSR count). The summed E-state index contributed by atoms with van der Waals surface area (Å²) in [5.74, 6) is 0.599. The molecule has 1 aromatic heterocycles. The number of carbonyl (C=O) groups is 1. The van der Waals surface area contributed by atoms with E-state index in [4.69, 9.17) is 20.8 Å². The van der Waals surface area contributed by atoms with E-state index in [1.54, 1.807) is 24.3 Å². The van der Waals surface area contributed by atoms with Gasteiger partial charge in [-0.05, 0) is 29.8 Å². The van der Waals surface area contributed by atoms with Crippen molar-refractivity contribution in [1.29, 1.82) is 0 Å². The molecular weight excluding hydrogens is 316 g/mol. The fourth-order valence-electron chi connectivity index (χ4n) is 3.14. The maximum absolute atomic E-state index is 11.7. The van der Waals surface area contributed by atoms with E-state index < -0.39 is 11.6 Å². The van der Waals surface area contributed by atoms with Gasteiger partial charge in [-0.1, -0.05) is 23.7 Å². The van der Waals surface area contributed by atoms with Crippen molar-refractivity contribution >= 4 is 23.1 Å². The highest BCUT2D eigenvalue weighted by molar-refractivity contribution is 6.30. The number of benzene rings is 1. The second-order valence-corrected chi connectivity index (χ2v) is 6.20. The predicted molar refractivity (Wildman–Crippen MR) is 84.4 cm³/mol. The van der Waals surface area contributed by atoms with Crippen LogP contribution in [-0.2, 0) is 15.1 Å². The highest BCUT2D eigenvalue weighted by Gasteiger charge is 2.43. The van der Waals surface area contributed by atoms with Gasteiger partial charge in [0.1, 0.15) is 17.1 Å². The van der Waals surface area contributed by atoms with Gasteiger partial charge in [0, 0.05) is 35.1 Å². The van der Waals surface area contributed by atoms with Crippen LogP contribution in [0.15, 0.2) is 64.5 Å². The molecule has 1 aliphatic heterocycles. The van der Waals surface area contributed by atoms with Crippen molar-refractivity contribution < 1.29 is 19.1 Å². The Bertz CT molecular complexity index is 830. The van der Waals surface area contributed by atoms with E-state index in [-0.39, 0.29) is 6.42 Å². The monoisotopic (exact) mass is 328 g/mol. The summed E-state index contributed by atoms with van der Waals surface area (Å²) < 4.78 is 10.8. The fourth-order valence-corrected chi connectivity index (χ4v) is 3.27. The second kappa shape index (κ2) is 5.11. The molecule has 1 aliphatic carbocycles. The molecule has 2 heterocycles. The second-order valence-electron chi connectivity index (χ2n) is 5.77. The third-order valence-electron chi connectivity index (χ3n) is 4.19. The molecule has 23 heavy (non-hydrogen) atoms. The van der Waals surface area contributed by atoms with Crippen LogP contribution in [0, 0.1) is 0 Å². The van der Waals surface area contributed by atoms with Gasteiger partial charge < -0.3 is 14.3 Å². The average molecular weight is 329 g/mol. The van der Waals surface area contributed by atoms with Gasteiger partial charge in [0.25, 0.3) is 0 Å². The zero-order valence-corrected chi connectivity index (χ0v) is 12.8. The summed E-state index contributed by atoms with van der Waals surface area (Å²) in [7, 11) is 0. The molecule has 0 fully saturated rings. The van der Waals surface area contributed by atoms with Gasteiger partial charge in [-0.15, -0.1) is 0 Å². The molecule has 0 saturated carbocycles. The van der Waals surface area contributed by atoms with E-state index in [1.807, 2.05) is 12.1 Å². The normalized spacial score (nSPS) is 23.6. The molecule has 5 heteroatoms. The largest absolute Gasteiger partial charge is 0.466 e. The lowest BCUT2D eigenvalue weighted by Gasteiger charge is -2.32. The van der Waals surface area contributed by atoms with Crippen molar-refractivity contribution in [2.24, 2.45) is 0 Å². The number of fused-ring (bicyclic) bond motifs is 1. The molecule has 1 aromatic carbocycles. The Labute approximate surface area is 137 Å². The number of carbonyl (C=O) groups excluding carboxylic acids is 1. The Morgan fingerprint density at radius 1 is 1.13 bits per heavy atom. The first-order valence-corrected chi connectivity index (χ1v) is 7.61. The fraction of sp³-hybridized carbons (Fsp3) is 0.167. The predicted octanol–water partition coefficient (Wildman–Crippen LogP) is 3.81. The summed E-state index contributed by atoms with van der Waals surface area (Å²) in [6.45, 7) is 0. The molecule has 1 N–H and O–H groups in total. The van der Waals surface area contributed by atoms with Crippen molar-refractivity contribution in [1.82, 2.24) is 0 Å². The van der Waals surface area contributed by atoms with E-state index in [1.165, 1.54) is 12.3 Å². The summed E-state index contributed by atoms with van der Waals surface area (Å²) in [6, 6.07) is 10.7. The molecule has 0 saturated heterocycles. The first-order chi connectivity index (χ1) is 11.0. The number of ether oxygens (including phenoxy) is 1. The average Bonchev–Trinajstić information content (AvgIpc) is 3.16. The number of aliphatic hydroxyl groups is 1. The van der Waals surface area contributed by atoms with Gasteiger partial charge in [0.05, 0.1) is 6.26 Å². The lowest BCUT2D eigenvalue weighted by Crippen LogP contribution is -2.30. The van der Waals surface area contributed by atoms with E-state index in [9.17, 15) is 9.90 Å². The first kappa shape index (κ1) is 14.3. The summed E-state index contributed by atoms with van der Waals surface area (Å²) in [5, 5.41) is 11.7. The molecule has 116 valence electrons. The number of rotatable bonds is 2. The van der Waals surface area contributed by atoms with E-state index >= 15 is 0 Å². The van der Waals surface area contributed by atoms with Gasteiger partial charge in [-0.25, -0.2) is 4.79 Å². The zero-order chi connectivity index (χ0) is 16.0. The molecule has 0 amide bonds. The molecular formula is C18H13ClO4. The maximum Gasteiger partial charge on any atom is 0.336 e. The Balaban J connectivity index is 1.85. The summed E-state index contributed by atoms with van der Waals surface area (Å²) in [4.78, 5) is 11.7. The minimum absolute atomic E-state index is 0.276. The van der Waals surface area contributed by atoms with Crippen molar-refractivity contribution in [2.45, 2.75) is 18.4 Å². The van der Waals surface area contributed by atoms with Crippen molar-refractivity contribution in [3.63, 3.8) is 0 Å². The summed E-state index contributed by atoms with van der Waals surface area (Å²) in [5.41, 5.74) is 1.10. The molecule has 1 unspecified atom stereocenters. The van der Waals surface area contributed by atoms with Crippen molar-refractivity contribution in [3.05, 3.63) is 76.4 Å².